The van der Waals surface area contributed by atoms with E-state index in [4.69, 9.17) is 4.74 Å². The monoisotopic (exact) mass is 338 g/mol. The average Bonchev–Trinajstić information content (AvgIpc) is 2.55. The zero-order chi connectivity index (χ0) is 17.3. The van der Waals surface area contributed by atoms with Crippen LogP contribution in [0.4, 0.5) is 0 Å². The van der Waals surface area contributed by atoms with Crippen LogP contribution in [-0.2, 0) is 9.53 Å². The van der Waals surface area contributed by atoms with Crippen LogP contribution in [0, 0.1) is 5.41 Å². The number of piperidine rings is 2. The molecule has 0 aromatic heterocycles. The Morgan fingerprint density at radius 2 is 1.83 bits per heavy atom. The summed E-state index contributed by atoms with van der Waals surface area (Å²) in [6.45, 7) is 9.40. The van der Waals surface area contributed by atoms with E-state index in [1.165, 1.54) is 6.42 Å². The summed E-state index contributed by atoms with van der Waals surface area (Å²) in [6.07, 6.45) is 6.12. The SMILES string of the molecule is CCO[C@@H]1C[C@H](O)C12CCN(CC(=O)N1[C@@H](C)CCC[C@@H]1C)CC2. The third-order valence-corrected chi connectivity index (χ3v) is 6.74. The Kier molecular flexibility index (Phi) is 5.52. The highest BCUT2D eigenvalue weighted by Crippen LogP contribution is 2.50. The number of carbonyl (C=O) groups excluding carboxylic acids is 1. The van der Waals surface area contributed by atoms with Gasteiger partial charge in [-0.3, -0.25) is 9.69 Å². The Balaban J connectivity index is 1.53. The summed E-state index contributed by atoms with van der Waals surface area (Å²) in [7, 11) is 0. The molecule has 0 aromatic rings. The van der Waals surface area contributed by atoms with Crippen molar-refractivity contribution in [2.45, 2.75) is 83.6 Å². The van der Waals surface area contributed by atoms with Gasteiger partial charge in [0.05, 0.1) is 18.8 Å². The predicted octanol–water partition coefficient (Wildman–Crippen LogP) is 2.03. The minimum absolute atomic E-state index is 0.0543. The zero-order valence-electron chi connectivity index (χ0n) is 15.5. The van der Waals surface area contributed by atoms with Crippen LogP contribution in [0.1, 0.15) is 59.3 Å². The fraction of sp³-hybridized carbons (Fsp3) is 0.947. The molecule has 5 heteroatoms. The van der Waals surface area contributed by atoms with Crippen molar-refractivity contribution >= 4 is 5.91 Å². The summed E-state index contributed by atoms with van der Waals surface area (Å²) in [6, 6.07) is 0.737. The molecule has 3 rings (SSSR count). The fourth-order valence-corrected chi connectivity index (χ4v) is 5.13. The van der Waals surface area contributed by atoms with Crippen molar-refractivity contribution in [2.75, 3.05) is 26.2 Å². The van der Waals surface area contributed by atoms with Gasteiger partial charge in [-0.1, -0.05) is 0 Å². The number of amides is 1. The number of hydrogen-bond acceptors (Lipinski definition) is 4. The normalized spacial score (nSPS) is 36.6. The minimum atomic E-state index is -0.228. The quantitative estimate of drug-likeness (QED) is 0.852. The molecule has 0 radical (unpaired) electrons. The summed E-state index contributed by atoms with van der Waals surface area (Å²) >= 11 is 0. The predicted molar refractivity (Wildman–Crippen MR) is 93.8 cm³/mol. The van der Waals surface area contributed by atoms with Gasteiger partial charge >= 0.3 is 0 Å². The summed E-state index contributed by atoms with van der Waals surface area (Å²) in [5.41, 5.74) is -0.0543. The third-order valence-electron chi connectivity index (χ3n) is 6.74. The van der Waals surface area contributed by atoms with Gasteiger partial charge in [0.25, 0.3) is 0 Å². The molecule has 1 N–H and O–H groups in total. The van der Waals surface area contributed by atoms with E-state index in [2.05, 4.69) is 23.6 Å². The van der Waals surface area contributed by atoms with E-state index in [1.807, 2.05) is 6.92 Å². The molecule has 24 heavy (non-hydrogen) atoms. The summed E-state index contributed by atoms with van der Waals surface area (Å²) < 4.78 is 5.83. The van der Waals surface area contributed by atoms with Crippen LogP contribution >= 0.6 is 0 Å². The number of likely N-dealkylation sites (tertiary alicyclic amines) is 2. The van der Waals surface area contributed by atoms with Crippen molar-refractivity contribution in [3.8, 4) is 0 Å². The molecule has 1 aliphatic carbocycles. The highest BCUT2D eigenvalue weighted by atomic mass is 16.5. The Bertz CT molecular complexity index is 436. The van der Waals surface area contributed by atoms with Crippen LogP contribution in [0.5, 0.6) is 0 Å². The van der Waals surface area contributed by atoms with Crippen LogP contribution in [0.15, 0.2) is 0 Å². The Morgan fingerprint density at radius 3 is 2.38 bits per heavy atom. The minimum Gasteiger partial charge on any atom is -0.392 e. The van der Waals surface area contributed by atoms with Gasteiger partial charge in [0.15, 0.2) is 0 Å². The van der Waals surface area contributed by atoms with E-state index >= 15 is 0 Å². The van der Waals surface area contributed by atoms with Crippen molar-refractivity contribution in [3.63, 3.8) is 0 Å². The fourth-order valence-electron chi connectivity index (χ4n) is 5.13. The van der Waals surface area contributed by atoms with Gasteiger partial charge in [0.2, 0.25) is 5.91 Å². The van der Waals surface area contributed by atoms with E-state index in [0.717, 1.165) is 45.2 Å². The van der Waals surface area contributed by atoms with Crippen molar-refractivity contribution in [3.05, 3.63) is 0 Å². The smallest absolute Gasteiger partial charge is 0.237 e. The standard InChI is InChI=1S/C19H34N2O3/c1-4-24-17-12-16(22)19(17)8-10-20(11-9-19)13-18(23)21-14(2)6-5-7-15(21)3/h14-17,22H,4-13H2,1-3H3/t14-,15-,16-,17+/m0/s1. The van der Waals surface area contributed by atoms with E-state index < -0.39 is 0 Å². The largest absolute Gasteiger partial charge is 0.392 e. The lowest BCUT2D eigenvalue weighted by molar-refractivity contribution is -0.209. The topological polar surface area (TPSA) is 53.0 Å². The first-order valence-corrected chi connectivity index (χ1v) is 9.81. The van der Waals surface area contributed by atoms with Gasteiger partial charge in [-0.15, -0.1) is 0 Å². The number of aliphatic hydroxyl groups is 1. The molecule has 2 heterocycles. The molecular formula is C19H34N2O3. The lowest BCUT2D eigenvalue weighted by Gasteiger charge is -2.56. The molecule has 138 valence electrons. The number of rotatable bonds is 4. The Morgan fingerprint density at radius 1 is 1.21 bits per heavy atom. The molecule has 0 aromatic carbocycles. The maximum atomic E-state index is 12.8. The van der Waals surface area contributed by atoms with Crippen molar-refractivity contribution < 1.29 is 14.6 Å². The molecule has 4 atom stereocenters. The van der Waals surface area contributed by atoms with Gasteiger partial charge in [-0.25, -0.2) is 0 Å². The summed E-state index contributed by atoms with van der Waals surface area (Å²) in [5.74, 6) is 0.279. The molecular weight excluding hydrogens is 304 g/mol. The van der Waals surface area contributed by atoms with Crippen molar-refractivity contribution in [1.82, 2.24) is 9.80 Å². The zero-order valence-corrected chi connectivity index (χ0v) is 15.5. The number of aliphatic hydroxyl groups excluding tert-OH is 1. The second kappa shape index (κ2) is 7.30. The van der Waals surface area contributed by atoms with Gasteiger partial charge in [0.1, 0.15) is 0 Å². The number of hydrogen-bond donors (Lipinski definition) is 1. The Hall–Kier alpha value is -0.650. The molecule has 1 spiro atoms. The second-order valence-electron chi connectivity index (χ2n) is 8.13. The van der Waals surface area contributed by atoms with Crippen LogP contribution in [0.2, 0.25) is 0 Å². The first kappa shape index (κ1) is 18.2. The molecule has 2 saturated heterocycles. The maximum absolute atomic E-state index is 12.8. The summed E-state index contributed by atoms with van der Waals surface area (Å²) in [4.78, 5) is 17.2. The average molecular weight is 338 g/mol. The van der Waals surface area contributed by atoms with Crippen LogP contribution in [-0.4, -0.2) is 71.3 Å². The number of nitrogens with zero attached hydrogens (tertiary/aromatic N) is 2. The maximum Gasteiger partial charge on any atom is 0.237 e. The molecule has 3 aliphatic rings. The highest BCUT2D eigenvalue weighted by molar-refractivity contribution is 5.79. The Labute approximate surface area is 146 Å². The molecule has 2 aliphatic heterocycles. The number of carbonyl (C=O) groups is 1. The van der Waals surface area contributed by atoms with Gasteiger partial charge in [-0.05, 0) is 66.0 Å². The number of ether oxygens (including phenoxy) is 1. The van der Waals surface area contributed by atoms with Crippen molar-refractivity contribution in [2.24, 2.45) is 5.41 Å². The van der Waals surface area contributed by atoms with E-state index in [-0.39, 0.29) is 23.5 Å². The highest BCUT2D eigenvalue weighted by Gasteiger charge is 2.56. The molecule has 5 nitrogen and oxygen atoms in total. The van der Waals surface area contributed by atoms with Gasteiger partial charge in [-0.2, -0.15) is 0 Å². The van der Waals surface area contributed by atoms with E-state index in [1.54, 1.807) is 0 Å². The third kappa shape index (κ3) is 3.23. The first-order chi connectivity index (χ1) is 11.5. The van der Waals surface area contributed by atoms with Crippen LogP contribution in [0.25, 0.3) is 0 Å². The summed E-state index contributed by atoms with van der Waals surface area (Å²) in [5, 5.41) is 10.3. The molecule has 1 saturated carbocycles. The van der Waals surface area contributed by atoms with E-state index in [0.29, 0.717) is 25.2 Å². The molecule has 1 amide bonds. The van der Waals surface area contributed by atoms with Gasteiger partial charge < -0.3 is 14.7 Å². The van der Waals surface area contributed by atoms with E-state index in [9.17, 15) is 9.90 Å². The molecule has 0 unspecified atom stereocenters. The molecule has 3 fully saturated rings. The van der Waals surface area contributed by atoms with Gasteiger partial charge in [0, 0.05) is 30.5 Å². The van der Waals surface area contributed by atoms with Crippen LogP contribution in [0.3, 0.4) is 0 Å². The first-order valence-electron chi connectivity index (χ1n) is 9.81. The van der Waals surface area contributed by atoms with Crippen molar-refractivity contribution in [1.29, 1.82) is 0 Å². The lowest BCUT2D eigenvalue weighted by Crippen LogP contribution is -2.63. The lowest BCUT2D eigenvalue weighted by atomic mass is 9.58. The van der Waals surface area contributed by atoms with Crippen LogP contribution < -0.4 is 0 Å². The second-order valence-corrected chi connectivity index (χ2v) is 8.13. The molecule has 0 bridgehead atoms.